The average Bonchev–Trinajstić information content (AvgIpc) is 3.53. The fraction of sp³-hybridized carbons (Fsp3) is 0.296. The van der Waals surface area contributed by atoms with Crippen LogP contribution in [0.5, 0.6) is 11.5 Å². The Morgan fingerprint density at radius 3 is 2.76 bits per heavy atom. The van der Waals surface area contributed by atoms with Crippen LogP contribution in [0, 0.1) is 0 Å². The van der Waals surface area contributed by atoms with Gasteiger partial charge in [-0.1, -0.05) is 38.1 Å². The van der Waals surface area contributed by atoms with E-state index in [1.807, 2.05) is 25.1 Å². The number of aromatic amines is 1. The van der Waals surface area contributed by atoms with Crippen LogP contribution in [-0.2, 0) is 9.53 Å². The van der Waals surface area contributed by atoms with Gasteiger partial charge in [0.2, 0.25) is 6.79 Å². The zero-order valence-electron chi connectivity index (χ0n) is 18.9. The maximum absolute atomic E-state index is 13.4. The fourth-order valence-corrected chi connectivity index (χ4v) is 5.34. The van der Waals surface area contributed by atoms with E-state index in [1.54, 1.807) is 0 Å². The van der Waals surface area contributed by atoms with E-state index >= 15 is 0 Å². The van der Waals surface area contributed by atoms with Crippen LogP contribution in [0.1, 0.15) is 66.9 Å². The standard InChI is InChI=1S/C27H26N2O4/c1-4-31-27(30)24-20-11-10-19(15(2)3)29(20)26(16-9-12-21-22(13-16)33-14-32-21)25-23(24)17-7-5-6-8-18(17)28-25/h5-13,15,24,26,28H,4,14H2,1-3H3. The molecule has 2 unspecified atom stereocenters. The molecule has 6 nitrogen and oxygen atoms in total. The molecule has 1 N–H and O–H groups in total. The monoisotopic (exact) mass is 442 g/mol. The van der Waals surface area contributed by atoms with Gasteiger partial charge in [0.25, 0.3) is 0 Å². The number of carbonyl (C=O) groups is 1. The first kappa shape index (κ1) is 20.0. The van der Waals surface area contributed by atoms with Crippen LogP contribution in [0.2, 0.25) is 0 Å². The molecule has 6 heteroatoms. The van der Waals surface area contributed by atoms with Crippen molar-refractivity contribution in [1.82, 2.24) is 9.55 Å². The van der Waals surface area contributed by atoms with Crippen molar-refractivity contribution < 1.29 is 19.0 Å². The highest BCUT2D eigenvalue weighted by Gasteiger charge is 2.41. The normalized spacial score (nSPS) is 18.4. The molecule has 2 aliphatic rings. The minimum Gasteiger partial charge on any atom is -0.465 e. The number of ether oxygens (including phenoxy) is 3. The van der Waals surface area contributed by atoms with Gasteiger partial charge in [-0.2, -0.15) is 0 Å². The van der Waals surface area contributed by atoms with Crippen molar-refractivity contribution in [3.8, 4) is 11.5 Å². The maximum Gasteiger partial charge on any atom is 0.319 e. The molecule has 0 amide bonds. The number of hydrogen-bond acceptors (Lipinski definition) is 4. The first-order valence-corrected chi connectivity index (χ1v) is 11.5. The second kappa shape index (κ2) is 7.44. The minimum absolute atomic E-state index is 0.130. The highest BCUT2D eigenvalue weighted by Crippen LogP contribution is 2.48. The number of rotatable bonds is 4. The predicted molar refractivity (Wildman–Crippen MR) is 125 cm³/mol. The van der Waals surface area contributed by atoms with E-state index in [-0.39, 0.29) is 24.7 Å². The third kappa shape index (κ3) is 2.90. The maximum atomic E-state index is 13.4. The number of carbonyl (C=O) groups excluding carboxylic acids is 1. The Morgan fingerprint density at radius 2 is 1.94 bits per heavy atom. The van der Waals surface area contributed by atoms with E-state index < -0.39 is 5.92 Å². The number of para-hydroxylation sites is 1. The highest BCUT2D eigenvalue weighted by molar-refractivity contribution is 5.94. The number of benzene rings is 2. The number of aromatic nitrogens is 2. The Labute approximate surface area is 192 Å². The molecule has 168 valence electrons. The van der Waals surface area contributed by atoms with Gasteiger partial charge in [-0.15, -0.1) is 0 Å². The summed E-state index contributed by atoms with van der Waals surface area (Å²) in [5.41, 5.74) is 6.22. The fourth-order valence-electron chi connectivity index (χ4n) is 5.34. The van der Waals surface area contributed by atoms with Crippen molar-refractivity contribution in [2.24, 2.45) is 0 Å². The van der Waals surface area contributed by atoms with Gasteiger partial charge in [0.15, 0.2) is 11.5 Å². The van der Waals surface area contributed by atoms with Crippen molar-refractivity contribution >= 4 is 16.9 Å². The summed E-state index contributed by atoms with van der Waals surface area (Å²) < 4.78 is 19.1. The van der Waals surface area contributed by atoms with Crippen LogP contribution in [0.25, 0.3) is 10.9 Å². The molecule has 33 heavy (non-hydrogen) atoms. The van der Waals surface area contributed by atoms with Gasteiger partial charge in [0.1, 0.15) is 5.92 Å². The van der Waals surface area contributed by atoms with Gasteiger partial charge >= 0.3 is 5.97 Å². The summed E-state index contributed by atoms with van der Waals surface area (Å²) in [6, 6.07) is 18.4. The Kier molecular flexibility index (Phi) is 4.50. The largest absolute Gasteiger partial charge is 0.465 e. The number of hydrogen-bond donors (Lipinski definition) is 1. The van der Waals surface area contributed by atoms with E-state index in [9.17, 15) is 4.79 Å². The molecule has 2 aromatic carbocycles. The molecule has 6 rings (SSSR count). The summed E-state index contributed by atoms with van der Waals surface area (Å²) in [6.07, 6.45) is 0. The Hall–Kier alpha value is -3.67. The second-order valence-electron chi connectivity index (χ2n) is 8.91. The summed E-state index contributed by atoms with van der Waals surface area (Å²) in [5.74, 6) is 1.07. The topological polar surface area (TPSA) is 65.5 Å². The first-order chi connectivity index (χ1) is 16.1. The van der Waals surface area contributed by atoms with Crippen LogP contribution in [0.4, 0.5) is 0 Å². The van der Waals surface area contributed by atoms with Crippen molar-refractivity contribution in [3.63, 3.8) is 0 Å². The molecule has 4 aromatic rings. The zero-order chi connectivity index (χ0) is 22.7. The molecular weight excluding hydrogens is 416 g/mol. The van der Waals surface area contributed by atoms with E-state index in [0.717, 1.165) is 44.9 Å². The minimum atomic E-state index is -0.492. The number of fused-ring (bicyclic) bond motifs is 5. The summed E-state index contributed by atoms with van der Waals surface area (Å²) in [5, 5.41) is 1.05. The lowest BCUT2D eigenvalue weighted by Crippen LogP contribution is -2.30. The third-order valence-corrected chi connectivity index (χ3v) is 6.70. The molecule has 2 atom stereocenters. The lowest BCUT2D eigenvalue weighted by molar-refractivity contribution is -0.144. The quantitative estimate of drug-likeness (QED) is 0.426. The van der Waals surface area contributed by atoms with E-state index in [2.05, 4.69) is 59.8 Å². The second-order valence-corrected chi connectivity index (χ2v) is 8.91. The van der Waals surface area contributed by atoms with Gasteiger partial charge in [-0.25, -0.2) is 0 Å². The summed E-state index contributed by atoms with van der Waals surface area (Å²) >= 11 is 0. The molecule has 2 aromatic heterocycles. The van der Waals surface area contributed by atoms with Crippen LogP contribution >= 0.6 is 0 Å². The average molecular weight is 443 g/mol. The van der Waals surface area contributed by atoms with Gasteiger partial charge in [0.05, 0.1) is 12.6 Å². The van der Waals surface area contributed by atoms with Crippen molar-refractivity contribution in [3.05, 3.63) is 82.8 Å². The molecule has 0 aliphatic carbocycles. The molecule has 0 saturated carbocycles. The molecule has 0 radical (unpaired) electrons. The van der Waals surface area contributed by atoms with Gasteiger partial charge in [-0.05, 0) is 48.7 Å². The van der Waals surface area contributed by atoms with Crippen LogP contribution in [-0.4, -0.2) is 28.9 Å². The van der Waals surface area contributed by atoms with Crippen LogP contribution < -0.4 is 9.47 Å². The van der Waals surface area contributed by atoms with Crippen molar-refractivity contribution in [2.45, 2.75) is 38.6 Å². The SMILES string of the molecule is CCOC(=O)C1c2c([nH]c3ccccc23)C(c2ccc3c(c2)OCO3)n2c(C(C)C)ccc21. The third-order valence-electron chi connectivity index (χ3n) is 6.70. The summed E-state index contributed by atoms with van der Waals surface area (Å²) in [4.78, 5) is 17.0. The van der Waals surface area contributed by atoms with Crippen molar-refractivity contribution in [1.29, 1.82) is 0 Å². The van der Waals surface area contributed by atoms with E-state index in [0.29, 0.717) is 6.61 Å². The van der Waals surface area contributed by atoms with Crippen LogP contribution in [0.15, 0.2) is 54.6 Å². The molecular formula is C27H26N2O4. The van der Waals surface area contributed by atoms with E-state index in [4.69, 9.17) is 14.2 Å². The van der Waals surface area contributed by atoms with E-state index in [1.165, 1.54) is 5.69 Å². The Morgan fingerprint density at radius 1 is 1.12 bits per heavy atom. The summed E-state index contributed by atoms with van der Waals surface area (Å²) in [6.45, 7) is 6.79. The van der Waals surface area contributed by atoms with Gasteiger partial charge in [-0.3, -0.25) is 4.79 Å². The van der Waals surface area contributed by atoms with Gasteiger partial charge < -0.3 is 23.8 Å². The number of nitrogens with zero attached hydrogens (tertiary/aromatic N) is 1. The molecule has 0 fully saturated rings. The lowest BCUT2D eigenvalue weighted by Gasteiger charge is -2.34. The van der Waals surface area contributed by atoms with Gasteiger partial charge in [0, 0.05) is 33.5 Å². The molecule has 2 aliphatic heterocycles. The smallest absolute Gasteiger partial charge is 0.319 e. The number of nitrogens with one attached hydrogen (secondary N) is 1. The van der Waals surface area contributed by atoms with Crippen LogP contribution in [0.3, 0.4) is 0 Å². The zero-order valence-corrected chi connectivity index (χ0v) is 18.9. The first-order valence-electron chi connectivity index (χ1n) is 11.5. The Bertz CT molecular complexity index is 1380. The highest BCUT2D eigenvalue weighted by atomic mass is 16.7. The molecule has 0 spiro atoms. The number of H-pyrrole nitrogens is 1. The van der Waals surface area contributed by atoms with Crippen molar-refractivity contribution in [2.75, 3.05) is 13.4 Å². The molecule has 4 heterocycles. The molecule has 0 saturated heterocycles. The Balaban J connectivity index is 1.66. The number of esters is 1. The lowest BCUT2D eigenvalue weighted by atomic mass is 9.85. The predicted octanol–water partition coefficient (Wildman–Crippen LogP) is 5.47. The summed E-state index contributed by atoms with van der Waals surface area (Å²) in [7, 11) is 0. The molecule has 0 bridgehead atoms.